The largest absolute Gasteiger partial charge is 0.332 e. The Morgan fingerprint density at radius 1 is 1.13 bits per heavy atom. The molecule has 0 unspecified atom stereocenters. The minimum absolute atomic E-state index is 0.167. The highest BCUT2D eigenvalue weighted by Crippen LogP contribution is 2.31. The molecule has 0 bridgehead atoms. The zero-order valence-corrected chi connectivity index (χ0v) is 18.9. The average molecular weight is 477 g/mol. The number of carbonyl (C=O) groups is 1. The molecule has 2 N–H and O–H groups in total. The number of halogens is 2. The second-order valence-electron chi connectivity index (χ2n) is 6.36. The summed E-state index contributed by atoms with van der Waals surface area (Å²) >= 11 is 18.6. The van der Waals surface area contributed by atoms with Gasteiger partial charge in [-0.25, -0.2) is 0 Å². The van der Waals surface area contributed by atoms with Crippen LogP contribution in [0.2, 0.25) is 10.0 Å². The Morgan fingerprint density at radius 3 is 2.67 bits per heavy atom. The van der Waals surface area contributed by atoms with Crippen molar-refractivity contribution in [2.45, 2.75) is 13.8 Å². The van der Waals surface area contributed by atoms with Crippen LogP contribution in [-0.2, 0) is 0 Å². The third-order valence-electron chi connectivity index (χ3n) is 4.37. The SMILES string of the molecule is Cc1c(NC(=S)NC(=O)c2ccc(Cl)c(Cl)c2)cccc1-c1nn2c(C)nnc2s1. The fraction of sp³-hybridized carbons (Fsp3) is 0.105. The maximum absolute atomic E-state index is 12.4. The van der Waals surface area contributed by atoms with Crippen molar-refractivity contribution >= 4 is 68.4 Å². The molecule has 4 aromatic rings. The highest BCUT2D eigenvalue weighted by atomic mass is 35.5. The van der Waals surface area contributed by atoms with Gasteiger partial charge in [0, 0.05) is 16.8 Å². The van der Waals surface area contributed by atoms with Crippen LogP contribution in [0.25, 0.3) is 15.5 Å². The van der Waals surface area contributed by atoms with Gasteiger partial charge in [0.15, 0.2) is 10.9 Å². The Kier molecular flexibility index (Phi) is 5.70. The van der Waals surface area contributed by atoms with E-state index in [1.807, 2.05) is 32.0 Å². The molecule has 4 rings (SSSR count). The molecule has 2 heterocycles. The third kappa shape index (κ3) is 4.01. The van der Waals surface area contributed by atoms with E-state index in [0.29, 0.717) is 15.6 Å². The molecule has 0 atom stereocenters. The number of aryl methyl sites for hydroxylation is 1. The predicted molar refractivity (Wildman–Crippen MR) is 124 cm³/mol. The summed E-state index contributed by atoms with van der Waals surface area (Å²) in [5.41, 5.74) is 2.99. The molecule has 0 spiro atoms. The summed E-state index contributed by atoms with van der Waals surface area (Å²) in [5.74, 6) is 0.342. The lowest BCUT2D eigenvalue weighted by Crippen LogP contribution is -2.34. The van der Waals surface area contributed by atoms with Crippen LogP contribution in [0.5, 0.6) is 0 Å². The average Bonchev–Trinajstić information content (AvgIpc) is 3.27. The minimum atomic E-state index is -0.385. The van der Waals surface area contributed by atoms with Gasteiger partial charge in [-0.1, -0.05) is 46.7 Å². The van der Waals surface area contributed by atoms with Crippen LogP contribution in [-0.4, -0.2) is 30.8 Å². The molecule has 0 aliphatic heterocycles. The summed E-state index contributed by atoms with van der Waals surface area (Å²) in [6, 6.07) is 10.4. The van der Waals surface area contributed by atoms with E-state index in [1.54, 1.807) is 16.6 Å². The van der Waals surface area contributed by atoms with Crippen molar-refractivity contribution < 1.29 is 4.79 Å². The van der Waals surface area contributed by atoms with Gasteiger partial charge < -0.3 is 5.32 Å². The predicted octanol–water partition coefficient (Wildman–Crippen LogP) is 4.90. The molecular formula is C19H14Cl2N6OS2. The number of anilines is 1. The lowest BCUT2D eigenvalue weighted by Gasteiger charge is -2.13. The standard InChI is InChI=1S/C19H14Cl2N6OS2/c1-9-12(17-26-27-10(2)24-25-19(27)30-17)4-3-5-15(9)22-18(29)23-16(28)11-6-7-13(20)14(21)8-11/h3-8H,1-2H3,(H2,22,23,28,29). The van der Waals surface area contributed by atoms with Crippen molar-refractivity contribution in [2.75, 3.05) is 5.32 Å². The van der Waals surface area contributed by atoms with Gasteiger partial charge in [0.25, 0.3) is 5.91 Å². The number of rotatable bonds is 3. The molecule has 0 aliphatic rings. The number of carbonyl (C=O) groups excluding carboxylic acids is 1. The smallest absolute Gasteiger partial charge is 0.257 e. The van der Waals surface area contributed by atoms with E-state index >= 15 is 0 Å². The zero-order valence-electron chi connectivity index (χ0n) is 15.7. The number of amides is 1. The third-order valence-corrected chi connectivity index (χ3v) is 6.24. The van der Waals surface area contributed by atoms with Crippen molar-refractivity contribution in [3.63, 3.8) is 0 Å². The number of benzene rings is 2. The Balaban J connectivity index is 1.53. The number of hydrogen-bond donors (Lipinski definition) is 2. The van der Waals surface area contributed by atoms with E-state index in [4.69, 9.17) is 35.4 Å². The molecule has 2 aromatic carbocycles. The number of aromatic nitrogens is 4. The Bertz CT molecular complexity index is 1300. The molecule has 0 aliphatic carbocycles. The first-order valence-electron chi connectivity index (χ1n) is 8.69. The molecule has 0 radical (unpaired) electrons. The summed E-state index contributed by atoms with van der Waals surface area (Å²) in [6.45, 7) is 3.81. The maximum atomic E-state index is 12.4. The summed E-state index contributed by atoms with van der Waals surface area (Å²) < 4.78 is 1.71. The Labute approximate surface area is 191 Å². The van der Waals surface area contributed by atoms with Crippen LogP contribution < -0.4 is 10.6 Å². The number of fused-ring (bicyclic) bond motifs is 1. The summed E-state index contributed by atoms with van der Waals surface area (Å²) in [7, 11) is 0. The lowest BCUT2D eigenvalue weighted by molar-refractivity contribution is 0.0977. The minimum Gasteiger partial charge on any atom is -0.332 e. The van der Waals surface area contributed by atoms with Gasteiger partial charge in [-0.15, -0.1) is 10.2 Å². The van der Waals surface area contributed by atoms with Crippen LogP contribution in [0.15, 0.2) is 36.4 Å². The van der Waals surface area contributed by atoms with Crippen LogP contribution in [0.3, 0.4) is 0 Å². The summed E-state index contributed by atoms with van der Waals surface area (Å²) in [5, 5.41) is 20.1. The normalized spacial score (nSPS) is 10.9. The van der Waals surface area contributed by atoms with Gasteiger partial charge in [0.1, 0.15) is 5.01 Å². The first-order valence-corrected chi connectivity index (χ1v) is 10.7. The zero-order chi connectivity index (χ0) is 21.4. The van der Waals surface area contributed by atoms with E-state index in [1.165, 1.54) is 17.4 Å². The van der Waals surface area contributed by atoms with Gasteiger partial charge in [0.05, 0.1) is 10.0 Å². The molecule has 2 aromatic heterocycles. The second kappa shape index (κ2) is 8.27. The van der Waals surface area contributed by atoms with E-state index in [-0.39, 0.29) is 11.0 Å². The Morgan fingerprint density at radius 2 is 1.93 bits per heavy atom. The van der Waals surface area contributed by atoms with E-state index < -0.39 is 0 Å². The van der Waals surface area contributed by atoms with E-state index in [2.05, 4.69) is 25.9 Å². The summed E-state index contributed by atoms with van der Waals surface area (Å²) in [6.07, 6.45) is 0. The maximum Gasteiger partial charge on any atom is 0.257 e. The molecule has 0 saturated carbocycles. The van der Waals surface area contributed by atoms with Crippen LogP contribution >= 0.6 is 46.8 Å². The molecule has 30 heavy (non-hydrogen) atoms. The molecule has 0 fully saturated rings. The lowest BCUT2D eigenvalue weighted by atomic mass is 10.1. The first-order chi connectivity index (χ1) is 14.3. The topological polar surface area (TPSA) is 84.2 Å². The van der Waals surface area contributed by atoms with E-state index in [9.17, 15) is 4.79 Å². The Hall–Kier alpha value is -2.59. The van der Waals surface area contributed by atoms with Gasteiger partial charge in [0.2, 0.25) is 4.96 Å². The van der Waals surface area contributed by atoms with Crippen molar-refractivity contribution in [2.24, 2.45) is 0 Å². The van der Waals surface area contributed by atoms with Crippen molar-refractivity contribution in [1.29, 1.82) is 0 Å². The fourth-order valence-electron chi connectivity index (χ4n) is 2.79. The van der Waals surface area contributed by atoms with Crippen LogP contribution in [0, 0.1) is 13.8 Å². The molecular weight excluding hydrogens is 463 g/mol. The van der Waals surface area contributed by atoms with Gasteiger partial charge in [-0.3, -0.25) is 10.1 Å². The van der Waals surface area contributed by atoms with Crippen LogP contribution in [0.1, 0.15) is 21.7 Å². The van der Waals surface area contributed by atoms with Gasteiger partial charge in [-0.05, 0) is 55.9 Å². The molecule has 11 heteroatoms. The monoisotopic (exact) mass is 476 g/mol. The fourth-order valence-corrected chi connectivity index (χ4v) is 4.26. The molecule has 152 valence electrons. The first kappa shape index (κ1) is 20.7. The number of nitrogens with zero attached hydrogens (tertiary/aromatic N) is 4. The van der Waals surface area contributed by atoms with Crippen molar-refractivity contribution in [3.8, 4) is 10.6 Å². The second-order valence-corrected chi connectivity index (χ2v) is 8.54. The van der Waals surface area contributed by atoms with Crippen LogP contribution in [0.4, 0.5) is 5.69 Å². The van der Waals surface area contributed by atoms with Gasteiger partial charge >= 0.3 is 0 Å². The summed E-state index contributed by atoms with van der Waals surface area (Å²) in [4.78, 5) is 13.1. The molecule has 1 amide bonds. The van der Waals surface area contributed by atoms with E-state index in [0.717, 1.165) is 32.6 Å². The van der Waals surface area contributed by atoms with Crippen molar-refractivity contribution in [1.82, 2.24) is 25.1 Å². The highest BCUT2D eigenvalue weighted by molar-refractivity contribution is 7.80. The number of thiocarbonyl (C=S) groups is 1. The number of hydrogen-bond acceptors (Lipinski definition) is 6. The van der Waals surface area contributed by atoms with Gasteiger partial charge in [-0.2, -0.15) is 9.61 Å². The van der Waals surface area contributed by atoms with Crippen molar-refractivity contribution in [3.05, 3.63) is 63.4 Å². The highest BCUT2D eigenvalue weighted by Gasteiger charge is 2.15. The quantitative estimate of drug-likeness (QED) is 0.409. The molecule has 7 nitrogen and oxygen atoms in total. The molecule has 0 saturated heterocycles. The number of nitrogens with one attached hydrogen (secondary N) is 2.